The number of aliphatic hydroxyl groups excluding tert-OH is 1. The second-order valence-corrected chi connectivity index (χ2v) is 6.43. The Morgan fingerprint density at radius 2 is 1.79 bits per heavy atom. The number of carbonyl (C=O) groups excluding carboxylic acids is 1. The summed E-state index contributed by atoms with van der Waals surface area (Å²) >= 11 is 0. The van der Waals surface area contributed by atoms with E-state index in [0.29, 0.717) is 11.8 Å². The molecule has 0 aliphatic heterocycles. The lowest BCUT2D eigenvalue weighted by atomic mass is 9.86. The Bertz CT molecular complexity index is 567. The van der Waals surface area contributed by atoms with Crippen LogP contribution in [0.25, 0.3) is 0 Å². The van der Waals surface area contributed by atoms with Crippen LogP contribution >= 0.6 is 0 Å². The van der Waals surface area contributed by atoms with E-state index in [4.69, 9.17) is 13.6 Å². The third-order valence-corrected chi connectivity index (χ3v) is 4.59. The van der Waals surface area contributed by atoms with Crippen LogP contribution in [0.3, 0.4) is 0 Å². The van der Waals surface area contributed by atoms with Gasteiger partial charge in [-0.15, -0.1) is 0 Å². The SMILES string of the molecule is C=C(C)[C@@H]1CC=C(C=O)CC1.N#N.[2H]OC([2H])C1=CC[C@@H](C(=C)C)CC1. The van der Waals surface area contributed by atoms with Crippen LogP contribution in [0.4, 0.5) is 0 Å². The molecule has 24 heavy (non-hydrogen) atoms. The van der Waals surface area contributed by atoms with E-state index in [1.54, 1.807) is 0 Å². The number of aldehydes is 1. The van der Waals surface area contributed by atoms with Crippen LogP contribution in [-0.4, -0.2) is 19.4 Å². The number of rotatable bonds is 5. The molecule has 1 N–H and O–H groups in total. The standard InChI is InChI=1S/C10H16O.C10H14O.N2/c2*1-8(2)10-5-3-9(7-11)4-6-10;1-2/h3,10-11H,1,4-7H2,2H3;3,7,10H,1,4-6H2,2H3;/t2*10-;/m11./s1/i7D,11D;;/t7?,10-;;. The van der Waals surface area contributed by atoms with Gasteiger partial charge in [0.15, 0.2) is 0 Å². The Morgan fingerprint density at radius 1 is 1.25 bits per heavy atom. The van der Waals surface area contributed by atoms with Crippen molar-refractivity contribution in [1.82, 2.24) is 0 Å². The van der Waals surface area contributed by atoms with Gasteiger partial charge in [-0.05, 0) is 75.4 Å². The monoisotopic (exact) mass is 332 g/mol. The Kier molecular flexibility index (Phi) is 9.51. The first-order chi connectivity index (χ1) is 12.4. The third kappa shape index (κ3) is 8.03. The lowest BCUT2D eigenvalue weighted by Gasteiger charge is -2.20. The summed E-state index contributed by atoms with van der Waals surface area (Å²) in [5.41, 5.74) is 4.35. The zero-order chi connectivity index (χ0) is 20.1. The van der Waals surface area contributed by atoms with E-state index in [2.05, 4.69) is 25.2 Å². The van der Waals surface area contributed by atoms with E-state index < -0.39 is 6.58 Å². The minimum atomic E-state index is -0.786. The van der Waals surface area contributed by atoms with Gasteiger partial charge in [0.25, 0.3) is 0 Å². The van der Waals surface area contributed by atoms with E-state index in [-0.39, 0.29) is 0 Å². The molecule has 0 radical (unpaired) electrons. The molecular weight excluding hydrogens is 300 g/mol. The number of carbonyl (C=O) groups is 1. The van der Waals surface area contributed by atoms with Crippen molar-refractivity contribution in [2.75, 3.05) is 6.58 Å². The molecule has 0 aromatic heterocycles. The second kappa shape index (κ2) is 12.4. The molecule has 0 heterocycles. The topological polar surface area (TPSA) is 84.9 Å². The molecule has 132 valence electrons. The summed E-state index contributed by atoms with van der Waals surface area (Å²) in [5.74, 6) is 1.17. The molecule has 0 spiro atoms. The van der Waals surface area contributed by atoms with Crippen LogP contribution < -0.4 is 0 Å². The van der Waals surface area contributed by atoms with Gasteiger partial charge in [-0.25, -0.2) is 0 Å². The normalized spacial score (nSPS) is 24.8. The number of allylic oxidation sites excluding steroid dienone is 5. The first-order valence-electron chi connectivity index (χ1n) is 9.25. The van der Waals surface area contributed by atoms with Crippen molar-refractivity contribution >= 4 is 6.29 Å². The summed E-state index contributed by atoms with van der Waals surface area (Å²) in [6.45, 7) is 11.2. The summed E-state index contributed by atoms with van der Waals surface area (Å²) in [7, 11) is 0. The van der Waals surface area contributed by atoms with E-state index in [1.165, 1.54) is 11.1 Å². The maximum absolute atomic E-state index is 10.3. The van der Waals surface area contributed by atoms with Crippen LogP contribution in [-0.2, 0) is 4.79 Å². The molecule has 0 saturated carbocycles. The van der Waals surface area contributed by atoms with Gasteiger partial charge in [0, 0.05) is 10.8 Å². The molecule has 0 bridgehead atoms. The average Bonchev–Trinajstić information content (AvgIpc) is 2.69. The van der Waals surface area contributed by atoms with Crippen LogP contribution in [0.2, 0.25) is 0 Å². The fourth-order valence-electron chi connectivity index (χ4n) is 2.82. The molecule has 0 amide bonds. The van der Waals surface area contributed by atoms with Crippen LogP contribution in [0.1, 0.15) is 53.7 Å². The van der Waals surface area contributed by atoms with E-state index >= 15 is 0 Å². The zero-order valence-electron chi connectivity index (χ0n) is 16.8. The highest BCUT2D eigenvalue weighted by molar-refractivity contribution is 5.73. The maximum Gasteiger partial charge on any atom is 0.211 e. The van der Waals surface area contributed by atoms with Gasteiger partial charge in [0.1, 0.15) is 6.29 Å². The first-order valence-corrected chi connectivity index (χ1v) is 8.27. The van der Waals surface area contributed by atoms with Crippen molar-refractivity contribution in [3.63, 3.8) is 0 Å². The van der Waals surface area contributed by atoms with Crippen molar-refractivity contribution < 1.29 is 11.3 Å². The minimum absolute atomic E-state index is 0.557. The number of hydrogen-bond acceptors (Lipinski definition) is 4. The fourth-order valence-corrected chi connectivity index (χ4v) is 2.82. The number of hydrogen-bond donors (Lipinski definition) is 1. The molecule has 2 aliphatic rings. The Labute approximate surface area is 149 Å². The lowest BCUT2D eigenvalue weighted by Crippen LogP contribution is -2.07. The number of nitrogens with zero attached hydrogens (tertiary/aromatic N) is 2. The Balaban J connectivity index is 0.000000444. The third-order valence-electron chi connectivity index (χ3n) is 4.59. The largest absolute Gasteiger partial charge is 0.392 e. The first kappa shape index (κ1) is 18.4. The zero-order valence-corrected chi connectivity index (χ0v) is 14.8. The van der Waals surface area contributed by atoms with Crippen molar-refractivity contribution in [2.45, 2.75) is 52.4 Å². The smallest absolute Gasteiger partial charge is 0.211 e. The lowest BCUT2D eigenvalue weighted by molar-refractivity contribution is -0.105. The molecule has 4 nitrogen and oxygen atoms in total. The average molecular weight is 332 g/mol. The van der Waals surface area contributed by atoms with E-state index in [9.17, 15) is 4.79 Å². The van der Waals surface area contributed by atoms with Gasteiger partial charge >= 0.3 is 0 Å². The van der Waals surface area contributed by atoms with Crippen molar-refractivity contribution in [3.8, 4) is 0 Å². The molecule has 1 unspecified atom stereocenters. The summed E-state index contributed by atoms with van der Waals surface area (Å²) in [5, 5.41) is 16.2. The number of aliphatic hydroxyl groups is 1. The van der Waals surface area contributed by atoms with Gasteiger partial charge < -0.3 is 5.11 Å². The molecule has 2 rings (SSSR count). The predicted molar refractivity (Wildman–Crippen MR) is 97.1 cm³/mol. The Morgan fingerprint density at radius 3 is 2.12 bits per heavy atom. The highest BCUT2D eigenvalue weighted by atomic mass is 16.3. The molecule has 4 heteroatoms. The van der Waals surface area contributed by atoms with Gasteiger partial charge in [0.05, 0.1) is 7.95 Å². The van der Waals surface area contributed by atoms with Gasteiger partial charge in [-0.1, -0.05) is 36.5 Å². The fraction of sp³-hybridized carbons (Fsp3) is 0.550. The highest BCUT2D eigenvalue weighted by Gasteiger charge is 2.14. The molecule has 0 fully saturated rings. The van der Waals surface area contributed by atoms with Crippen LogP contribution in [0, 0.1) is 22.6 Å². The molecule has 3 atom stereocenters. The van der Waals surface area contributed by atoms with Gasteiger partial charge in [0.2, 0.25) is 1.43 Å². The maximum atomic E-state index is 10.3. The summed E-state index contributed by atoms with van der Waals surface area (Å²) in [6, 6.07) is 0. The highest BCUT2D eigenvalue weighted by Crippen LogP contribution is 2.28. The van der Waals surface area contributed by atoms with Crippen molar-refractivity contribution in [3.05, 3.63) is 47.6 Å². The minimum Gasteiger partial charge on any atom is -0.392 e. The van der Waals surface area contributed by atoms with E-state index in [0.717, 1.165) is 56.0 Å². The Hall–Kier alpha value is -1.99. The van der Waals surface area contributed by atoms with Crippen LogP contribution in [0.5, 0.6) is 0 Å². The predicted octanol–water partition coefficient (Wildman–Crippen LogP) is 4.80. The molecule has 0 saturated heterocycles. The summed E-state index contributed by atoms with van der Waals surface area (Å²) in [6.07, 6.45) is 10.9. The molecular formula is C20H30N2O2. The summed E-state index contributed by atoms with van der Waals surface area (Å²) < 4.78 is 14.0. The van der Waals surface area contributed by atoms with Crippen molar-refractivity contribution in [2.24, 2.45) is 11.8 Å². The quantitative estimate of drug-likeness (QED) is 0.445. The molecule has 2 aliphatic carbocycles. The van der Waals surface area contributed by atoms with Crippen molar-refractivity contribution in [1.29, 1.82) is 12.2 Å². The van der Waals surface area contributed by atoms with Gasteiger partial charge in [-0.2, -0.15) is 0 Å². The summed E-state index contributed by atoms with van der Waals surface area (Å²) in [4.78, 5) is 10.3. The van der Waals surface area contributed by atoms with Gasteiger partial charge in [-0.3, -0.25) is 4.79 Å². The van der Waals surface area contributed by atoms with Crippen LogP contribution in [0.15, 0.2) is 47.6 Å². The van der Waals surface area contributed by atoms with E-state index in [1.807, 2.05) is 19.1 Å². The second-order valence-electron chi connectivity index (χ2n) is 6.43. The molecule has 0 aromatic carbocycles. The molecule has 0 aromatic rings.